The van der Waals surface area contributed by atoms with Crippen molar-refractivity contribution in [2.45, 2.75) is 50.6 Å². The molecule has 2 aromatic carbocycles. The first-order valence-corrected chi connectivity index (χ1v) is 14.1. The Balaban J connectivity index is 1.20. The summed E-state index contributed by atoms with van der Waals surface area (Å²) in [6.45, 7) is 3.02. The highest BCUT2D eigenvalue weighted by atomic mass is 16.5. The van der Waals surface area contributed by atoms with E-state index in [9.17, 15) is 4.79 Å². The highest BCUT2D eigenvalue weighted by Gasteiger charge is 2.29. The molecule has 40 heavy (non-hydrogen) atoms. The van der Waals surface area contributed by atoms with Gasteiger partial charge in [0, 0.05) is 64.0 Å². The number of nitrogens with two attached hydrogens (primary N) is 1. The van der Waals surface area contributed by atoms with Crippen LogP contribution in [0.5, 0.6) is 5.88 Å². The van der Waals surface area contributed by atoms with Crippen molar-refractivity contribution in [3.63, 3.8) is 0 Å². The second-order valence-corrected chi connectivity index (χ2v) is 10.6. The number of rotatable bonds is 11. The first-order valence-electron chi connectivity index (χ1n) is 14.1. The summed E-state index contributed by atoms with van der Waals surface area (Å²) in [4.78, 5) is 24.5. The zero-order valence-corrected chi connectivity index (χ0v) is 23.5. The zero-order chi connectivity index (χ0) is 27.9. The van der Waals surface area contributed by atoms with Gasteiger partial charge < -0.3 is 24.7 Å². The predicted octanol–water partition coefficient (Wildman–Crippen LogP) is 4.81. The molecule has 0 bridgehead atoms. The van der Waals surface area contributed by atoms with Crippen LogP contribution in [-0.2, 0) is 22.5 Å². The molecule has 5 rings (SSSR count). The summed E-state index contributed by atoms with van der Waals surface area (Å²) >= 11 is 0. The average Bonchev–Trinajstić information content (AvgIpc) is 3.36. The van der Waals surface area contributed by atoms with Crippen molar-refractivity contribution >= 4 is 16.9 Å². The fourth-order valence-electron chi connectivity index (χ4n) is 5.68. The summed E-state index contributed by atoms with van der Waals surface area (Å²) in [7, 11) is 3.35. The lowest BCUT2D eigenvalue weighted by molar-refractivity contribution is -0.132. The number of para-hydroxylation sites is 2. The molecule has 0 spiro atoms. The summed E-state index contributed by atoms with van der Waals surface area (Å²) in [5, 5.41) is 0. The zero-order valence-electron chi connectivity index (χ0n) is 23.5. The van der Waals surface area contributed by atoms with Gasteiger partial charge in [-0.05, 0) is 60.6 Å². The molecular formula is C32H39N5O3. The lowest BCUT2D eigenvalue weighted by Crippen LogP contribution is -2.42. The number of benzene rings is 2. The largest absolute Gasteiger partial charge is 0.481 e. The van der Waals surface area contributed by atoms with E-state index in [1.54, 1.807) is 20.4 Å². The third kappa shape index (κ3) is 6.51. The Bertz CT molecular complexity index is 1420. The molecule has 0 aliphatic carbocycles. The van der Waals surface area contributed by atoms with E-state index in [2.05, 4.69) is 52.0 Å². The first-order chi connectivity index (χ1) is 19.6. The standard InChI is InChI=1S/C32H39N5O3/c1-39-18-6-17-37-29-9-4-3-8-28(29)35-32(37)26-7-5-16-36(22-26)31(38)21-27(33)19-23-10-12-24(13-11-23)25-14-15-34-30(20-25)40-2/h3-4,8-15,20,26-27H,5-7,16-19,21-22,33H2,1-2H3/t26-,27-/m1/s1. The number of aromatic nitrogens is 3. The molecule has 210 valence electrons. The summed E-state index contributed by atoms with van der Waals surface area (Å²) in [5.74, 6) is 2.00. The Morgan fingerprint density at radius 3 is 2.73 bits per heavy atom. The molecule has 0 saturated carbocycles. The lowest BCUT2D eigenvalue weighted by atomic mass is 9.95. The van der Waals surface area contributed by atoms with E-state index in [1.807, 2.05) is 23.1 Å². The van der Waals surface area contributed by atoms with E-state index in [0.29, 0.717) is 31.9 Å². The summed E-state index contributed by atoms with van der Waals surface area (Å²) in [6.07, 6.45) is 5.64. The molecule has 1 aliphatic rings. The maximum atomic E-state index is 13.3. The van der Waals surface area contributed by atoms with Gasteiger partial charge in [0.1, 0.15) is 5.82 Å². The van der Waals surface area contributed by atoms with Crippen LogP contribution in [-0.4, -0.2) is 65.3 Å². The third-order valence-corrected chi connectivity index (χ3v) is 7.72. The van der Waals surface area contributed by atoms with Crippen LogP contribution in [0.25, 0.3) is 22.2 Å². The molecule has 8 nitrogen and oxygen atoms in total. The molecule has 4 aromatic rings. The van der Waals surface area contributed by atoms with Crippen molar-refractivity contribution in [3.8, 4) is 17.0 Å². The fourth-order valence-corrected chi connectivity index (χ4v) is 5.68. The van der Waals surface area contributed by atoms with Gasteiger partial charge >= 0.3 is 0 Å². The molecule has 3 heterocycles. The molecule has 1 saturated heterocycles. The minimum atomic E-state index is -0.238. The van der Waals surface area contributed by atoms with Gasteiger partial charge in [-0.1, -0.05) is 36.4 Å². The minimum absolute atomic E-state index is 0.125. The number of ether oxygens (including phenoxy) is 2. The molecule has 2 atom stereocenters. The summed E-state index contributed by atoms with van der Waals surface area (Å²) in [5.41, 5.74) is 11.9. The Hall–Kier alpha value is -3.75. The van der Waals surface area contributed by atoms with Crippen LogP contribution in [0.2, 0.25) is 0 Å². The smallest absolute Gasteiger partial charge is 0.224 e. The van der Waals surface area contributed by atoms with Crippen LogP contribution in [0.3, 0.4) is 0 Å². The molecule has 0 unspecified atom stereocenters. The maximum absolute atomic E-state index is 13.3. The number of hydrogen-bond donors (Lipinski definition) is 1. The Labute approximate surface area is 236 Å². The maximum Gasteiger partial charge on any atom is 0.224 e. The number of pyridine rings is 1. The van der Waals surface area contributed by atoms with Gasteiger partial charge in [-0.2, -0.15) is 0 Å². The number of aryl methyl sites for hydroxylation is 1. The number of hydrogen-bond acceptors (Lipinski definition) is 6. The Morgan fingerprint density at radius 2 is 1.93 bits per heavy atom. The molecule has 1 aliphatic heterocycles. The third-order valence-electron chi connectivity index (χ3n) is 7.72. The monoisotopic (exact) mass is 541 g/mol. The topological polar surface area (TPSA) is 95.5 Å². The van der Waals surface area contributed by atoms with Crippen LogP contribution < -0.4 is 10.5 Å². The van der Waals surface area contributed by atoms with Crippen LogP contribution >= 0.6 is 0 Å². The molecule has 2 aromatic heterocycles. The van der Waals surface area contributed by atoms with Crippen molar-refractivity contribution < 1.29 is 14.3 Å². The second kappa shape index (κ2) is 13.1. The van der Waals surface area contributed by atoms with E-state index >= 15 is 0 Å². The predicted molar refractivity (Wildman–Crippen MR) is 157 cm³/mol. The molecule has 8 heteroatoms. The van der Waals surface area contributed by atoms with E-state index < -0.39 is 0 Å². The number of amides is 1. The highest BCUT2D eigenvalue weighted by molar-refractivity contribution is 5.78. The number of fused-ring (bicyclic) bond motifs is 1. The summed E-state index contributed by atoms with van der Waals surface area (Å²) < 4.78 is 12.9. The SMILES string of the molecule is COCCCn1c([C@@H]2CCCN(C(=O)C[C@H](N)Cc3ccc(-c4ccnc(OC)c4)cc3)C2)nc2ccccc21. The molecule has 1 amide bonds. The molecule has 2 N–H and O–H groups in total. The van der Waals surface area contributed by atoms with E-state index in [1.165, 1.54) is 0 Å². The average molecular weight is 542 g/mol. The highest BCUT2D eigenvalue weighted by Crippen LogP contribution is 2.30. The van der Waals surface area contributed by atoms with Gasteiger partial charge in [0.2, 0.25) is 11.8 Å². The van der Waals surface area contributed by atoms with Crippen molar-refractivity contribution in [2.75, 3.05) is 33.9 Å². The van der Waals surface area contributed by atoms with Gasteiger partial charge in [0.05, 0.1) is 18.1 Å². The molecular weight excluding hydrogens is 502 g/mol. The number of methoxy groups -OCH3 is 2. The van der Waals surface area contributed by atoms with Crippen molar-refractivity contribution in [1.29, 1.82) is 0 Å². The Morgan fingerprint density at radius 1 is 1.10 bits per heavy atom. The van der Waals surface area contributed by atoms with Crippen molar-refractivity contribution in [1.82, 2.24) is 19.4 Å². The molecule has 1 fully saturated rings. The van der Waals surface area contributed by atoms with Crippen molar-refractivity contribution in [3.05, 3.63) is 78.2 Å². The number of carbonyl (C=O) groups is 1. The van der Waals surface area contributed by atoms with E-state index in [4.69, 9.17) is 20.2 Å². The fraction of sp³-hybridized carbons (Fsp3) is 0.406. The quantitative estimate of drug-likeness (QED) is 0.274. The lowest BCUT2D eigenvalue weighted by Gasteiger charge is -2.33. The van der Waals surface area contributed by atoms with E-state index in [-0.39, 0.29) is 17.9 Å². The Kier molecular flexibility index (Phi) is 9.08. The summed E-state index contributed by atoms with van der Waals surface area (Å²) in [6, 6.07) is 20.2. The number of carbonyl (C=O) groups excluding carboxylic acids is 1. The van der Waals surface area contributed by atoms with Crippen LogP contribution in [0.4, 0.5) is 0 Å². The van der Waals surface area contributed by atoms with Crippen LogP contribution in [0, 0.1) is 0 Å². The van der Waals surface area contributed by atoms with Crippen LogP contribution in [0.1, 0.15) is 43.0 Å². The molecule has 0 radical (unpaired) electrons. The number of imidazole rings is 1. The minimum Gasteiger partial charge on any atom is -0.481 e. The number of nitrogens with zero attached hydrogens (tertiary/aromatic N) is 4. The van der Waals surface area contributed by atoms with Gasteiger partial charge in [0.15, 0.2) is 0 Å². The second-order valence-electron chi connectivity index (χ2n) is 10.6. The van der Waals surface area contributed by atoms with Gasteiger partial charge in [-0.3, -0.25) is 4.79 Å². The first kappa shape index (κ1) is 27.8. The van der Waals surface area contributed by atoms with Crippen molar-refractivity contribution in [2.24, 2.45) is 5.73 Å². The normalized spacial score (nSPS) is 16.3. The van der Waals surface area contributed by atoms with Gasteiger partial charge in [-0.15, -0.1) is 0 Å². The van der Waals surface area contributed by atoms with E-state index in [0.717, 1.165) is 65.9 Å². The van der Waals surface area contributed by atoms with Gasteiger partial charge in [0.25, 0.3) is 0 Å². The van der Waals surface area contributed by atoms with Crippen LogP contribution in [0.15, 0.2) is 66.9 Å². The number of likely N-dealkylation sites (tertiary alicyclic amines) is 1. The van der Waals surface area contributed by atoms with Gasteiger partial charge in [-0.25, -0.2) is 9.97 Å². The number of piperidine rings is 1.